The monoisotopic (exact) mass is 418 g/mol. The first-order valence-corrected chi connectivity index (χ1v) is 10.2. The molecule has 1 aliphatic rings. The zero-order chi connectivity index (χ0) is 21.7. The minimum Gasteiger partial charge on any atom is -0.493 e. The number of aliphatic hydroxyl groups excluding tert-OH is 1. The molecule has 3 N–H and O–H groups in total. The summed E-state index contributed by atoms with van der Waals surface area (Å²) in [5.74, 6) is -0.867. The van der Waals surface area contributed by atoms with Crippen LogP contribution in [0.4, 0.5) is 8.78 Å². The Morgan fingerprint density at radius 1 is 1.20 bits per heavy atom. The minimum absolute atomic E-state index is 0.0134. The first-order valence-electron chi connectivity index (χ1n) is 10.2. The maximum atomic E-state index is 13.5. The van der Waals surface area contributed by atoms with Crippen molar-refractivity contribution >= 4 is 5.91 Å². The predicted octanol–water partition coefficient (Wildman–Crippen LogP) is 3.05. The van der Waals surface area contributed by atoms with E-state index in [1.165, 1.54) is 24.6 Å². The molecule has 30 heavy (non-hydrogen) atoms. The molecule has 7 heteroatoms. The summed E-state index contributed by atoms with van der Waals surface area (Å²) in [5.41, 5.74) is 2.63. The van der Waals surface area contributed by atoms with Crippen molar-refractivity contribution in [1.29, 1.82) is 0 Å². The number of fused-ring (bicyclic) bond motifs is 1. The molecule has 0 radical (unpaired) electrons. The lowest BCUT2D eigenvalue weighted by atomic mass is 9.96. The topological polar surface area (TPSA) is 70.6 Å². The summed E-state index contributed by atoms with van der Waals surface area (Å²) in [6, 6.07) is 8.66. The molecule has 0 bridgehead atoms. The molecule has 1 aliphatic heterocycles. The predicted molar refractivity (Wildman–Crippen MR) is 110 cm³/mol. The number of aliphatic hydroxyl groups is 1. The molecule has 0 unspecified atom stereocenters. The van der Waals surface area contributed by atoms with E-state index in [2.05, 4.69) is 23.6 Å². The van der Waals surface area contributed by atoms with Gasteiger partial charge < -0.3 is 20.5 Å². The molecule has 0 saturated heterocycles. The molecule has 162 valence electrons. The number of nitrogens with one attached hydrogen (secondary N) is 2. The van der Waals surface area contributed by atoms with E-state index in [4.69, 9.17) is 4.74 Å². The molecule has 0 saturated carbocycles. The van der Waals surface area contributed by atoms with Gasteiger partial charge in [0.25, 0.3) is 0 Å². The molecule has 0 aliphatic carbocycles. The number of ether oxygens (including phenoxy) is 1. The molecule has 1 amide bonds. The maximum absolute atomic E-state index is 13.5. The average molecular weight is 418 g/mol. The van der Waals surface area contributed by atoms with Crippen molar-refractivity contribution in [3.8, 4) is 5.75 Å². The normalized spacial score (nSPS) is 17.6. The van der Waals surface area contributed by atoms with Gasteiger partial charge in [0.05, 0.1) is 18.8 Å². The quantitative estimate of drug-likeness (QED) is 0.616. The Hall–Kier alpha value is -2.51. The van der Waals surface area contributed by atoms with Crippen LogP contribution in [0.2, 0.25) is 0 Å². The maximum Gasteiger partial charge on any atom is 0.217 e. The third-order valence-electron chi connectivity index (χ3n) is 5.33. The van der Waals surface area contributed by atoms with E-state index in [0.717, 1.165) is 30.2 Å². The van der Waals surface area contributed by atoms with Crippen LogP contribution >= 0.6 is 0 Å². The third-order valence-corrected chi connectivity index (χ3v) is 5.33. The van der Waals surface area contributed by atoms with Crippen molar-refractivity contribution in [2.75, 3.05) is 13.2 Å². The van der Waals surface area contributed by atoms with Gasteiger partial charge in [0.15, 0.2) is 0 Å². The standard InChI is InChI=1S/C23H28F2N2O3/c1-3-15-4-5-23-19(10-15)20(6-7-30-23)26-13-22(29)21(27-14(2)28)11-16-8-17(24)12-18(25)9-16/h4-5,8-10,12,20-22,26,29H,3,6-7,11,13H2,1-2H3,(H,27,28)/t20-,21-,22+/m0/s1. The fourth-order valence-corrected chi connectivity index (χ4v) is 3.81. The van der Waals surface area contributed by atoms with Crippen molar-refractivity contribution in [3.63, 3.8) is 0 Å². The van der Waals surface area contributed by atoms with Gasteiger partial charge in [-0.25, -0.2) is 8.78 Å². The van der Waals surface area contributed by atoms with Crippen LogP contribution in [0, 0.1) is 11.6 Å². The Morgan fingerprint density at radius 2 is 1.93 bits per heavy atom. The van der Waals surface area contributed by atoms with E-state index >= 15 is 0 Å². The van der Waals surface area contributed by atoms with Gasteiger partial charge in [-0.3, -0.25) is 4.79 Å². The smallest absolute Gasteiger partial charge is 0.217 e. The molecule has 0 spiro atoms. The first kappa shape index (κ1) is 22.2. The van der Waals surface area contributed by atoms with Gasteiger partial charge >= 0.3 is 0 Å². The Kier molecular flexibility index (Phi) is 7.39. The zero-order valence-electron chi connectivity index (χ0n) is 17.3. The van der Waals surface area contributed by atoms with Gasteiger partial charge in [0.2, 0.25) is 5.91 Å². The Labute approximate surface area is 175 Å². The highest BCUT2D eigenvalue weighted by Crippen LogP contribution is 2.33. The molecule has 2 aromatic carbocycles. The summed E-state index contributed by atoms with van der Waals surface area (Å²) in [6.45, 7) is 4.22. The number of halogens is 2. The van der Waals surface area contributed by atoms with Crippen molar-refractivity contribution in [2.45, 2.75) is 51.3 Å². The van der Waals surface area contributed by atoms with E-state index in [-0.39, 0.29) is 24.9 Å². The molecule has 0 aromatic heterocycles. The van der Waals surface area contributed by atoms with Crippen LogP contribution in [0.15, 0.2) is 36.4 Å². The molecule has 0 fully saturated rings. The summed E-state index contributed by atoms with van der Waals surface area (Å²) in [7, 11) is 0. The SMILES string of the molecule is CCc1ccc2c(c1)[C@@H](NC[C@@H](O)[C@H](Cc1cc(F)cc(F)c1)NC(C)=O)CCO2. The number of carbonyl (C=O) groups is 1. The first-order chi connectivity index (χ1) is 14.4. The molecule has 3 rings (SSSR count). The largest absolute Gasteiger partial charge is 0.493 e. The van der Waals surface area contributed by atoms with Gasteiger partial charge in [-0.1, -0.05) is 19.1 Å². The van der Waals surface area contributed by atoms with Gasteiger partial charge in [-0.05, 0) is 42.2 Å². The number of benzene rings is 2. The number of aryl methyl sites for hydroxylation is 1. The number of hydrogen-bond donors (Lipinski definition) is 3. The summed E-state index contributed by atoms with van der Waals surface area (Å²) in [4.78, 5) is 11.6. The van der Waals surface area contributed by atoms with E-state index in [9.17, 15) is 18.7 Å². The number of hydrogen-bond acceptors (Lipinski definition) is 4. The lowest BCUT2D eigenvalue weighted by Gasteiger charge is -2.30. The highest BCUT2D eigenvalue weighted by molar-refractivity contribution is 5.73. The van der Waals surface area contributed by atoms with E-state index < -0.39 is 23.8 Å². The minimum atomic E-state index is -0.944. The average Bonchev–Trinajstić information content (AvgIpc) is 2.70. The Bertz CT molecular complexity index is 870. The van der Waals surface area contributed by atoms with Crippen molar-refractivity contribution in [1.82, 2.24) is 10.6 Å². The highest BCUT2D eigenvalue weighted by Gasteiger charge is 2.25. The van der Waals surface area contributed by atoms with Gasteiger partial charge in [-0.15, -0.1) is 0 Å². The number of amides is 1. The summed E-state index contributed by atoms with van der Waals surface area (Å²) in [5, 5.41) is 16.8. The van der Waals surface area contributed by atoms with Crippen LogP contribution in [0.25, 0.3) is 0 Å². The second kappa shape index (κ2) is 10.00. The molecule has 2 aromatic rings. The molecular formula is C23H28F2N2O3. The van der Waals surface area contributed by atoms with Gasteiger partial charge in [0, 0.05) is 37.6 Å². The van der Waals surface area contributed by atoms with Crippen LogP contribution in [0.3, 0.4) is 0 Å². The lowest BCUT2D eigenvalue weighted by Crippen LogP contribution is -2.48. The van der Waals surface area contributed by atoms with Crippen LogP contribution in [0.5, 0.6) is 5.75 Å². The molecule has 1 heterocycles. The zero-order valence-corrected chi connectivity index (χ0v) is 17.3. The van der Waals surface area contributed by atoms with Crippen molar-refractivity contribution in [2.24, 2.45) is 0 Å². The molecule has 5 nitrogen and oxygen atoms in total. The summed E-state index contributed by atoms with van der Waals surface area (Å²) < 4.78 is 32.8. The number of carbonyl (C=O) groups excluding carboxylic acids is 1. The van der Waals surface area contributed by atoms with Crippen molar-refractivity contribution < 1.29 is 23.4 Å². The second-order valence-electron chi connectivity index (χ2n) is 7.68. The Morgan fingerprint density at radius 3 is 2.60 bits per heavy atom. The molecular weight excluding hydrogens is 390 g/mol. The molecule has 3 atom stereocenters. The second-order valence-corrected chi connectivity index (χ2v) is 7.68. The van der Waals surface area contributed by atoms with Gasteiger partial charge in [-0.2, -0.15) is 0 Å². The lowest BCUT2D eigenvalue weighted by molar-refractivity contribution is -0.120. The Balaban J connectivity index is 1.69. The van der Waals surface area contributed by atoms with Gasteiger partial charge in [0.1, 0.15) is 17.4 Å². The summed E-state index contributed by atoms with van der Waals surface area (Å²) >= 11 is 0. The summed E-state index contributed by atoms with van der Waals surface area (Å²) in [6.07, 6.45) is 0.840. The number of rotatable bonds is 8. The van der Waals surface area contributed by atoms with Crippen molar-refractivity contribution in [3.05, 3.63) is 64.7 Å². The third kappa shape index (κ3) is 5.77. The highest BCUT2D eigenvalue weighted by atomic mass is 19.1. The van der Waals surface area contributed by atoms with Crippen LogP contribution < -0.4 is 15.4 Å². The fraction of sp³-hybridized carbons (Fsp3) is 0.435. The van der Waals surface area contributed by atoms with Crippen LogP contribution in [-0.2, 0) is 17.6 Å². The van der Waals surface area contributed by atoms with E-state index in [1.807, 2.05) is 12.1 Å². The van der Waals surface area contributed by atoms with E-state index in [1.54, 1.807) is 0 Å². The van der Waals surface area contributed by atoms with Crippen LogP contribution in [-0.4, -0.2) is 36.3 Å². The van der Waals surface area contributed by atoms with Crippen LogP contribution in [0.1, 0.15) is 43.0 Å². The van der Waals surface area contributed by atoms with E-state index in [0.29, 0.717) is 12.2 Å². The fourth-order valence-electron chi connectivity index (χ4n) is 3.81.